The number of hydrogen-bond donors (Lipinski definition) is 2. The summed E-state index contributed by atoms with van der Waals surface area (Å²) in [5.41, 5.74) is 7.30. The van der Waals surface area contributed by atoms with Crippen LogP contribution in [0.4, 0.5) is 0 Å². The Morgan fingerprint density at radius 3 is 2.71 bits per heavy atom. The molecule has 0 spiro atoms. The van der Waals surface area contributed by atoms with Crippen LogP contribution in [-0.4, -0.2) is 33.0 Å². The first kappa shape index (κ1) is 20.4. The van der Waals surface area contributed by atoms with Crippen molar-refractivity contribution in [3.05, 3.63) is 40.7 Å². The SMILES string of the molecule is CCCc1c(C(=O)NCC(C)(C)N)nnn1-c1cccc(Cl)c1.Cl. The molecule has 1 amide bonds. The minimum atomic E-state index is -0.483. The topological polar surface area (TPSA) is 85.8 Å². The van der Waals surface area contributed by atoms with Gasteiger partial charge in [0.2, 0.25) is 0 Å². The molecular weight excluding hydrogens is 349 g/mol. The monoisotopic (exact) mass is 371 g/mol. The van der Waals surface area contributed by atoms with Crippen LogP contribution in [0.3, 0.4) is 0 Å². The van der Waals surface area contributed by atoms with Crippen molar-refractivity contribution >= 4 is 29.9 Å². The lowest BCUT2D eigenvalue weighted by molar-refractivity contribution is 0.0940. The van der Waals surface area contributed by atoms with Crippen LogP contribution in [0, 0.1) is 0 Å². The van der Waals surface area contributed by atoms with Crippen molar-refractivity contribution in [3.8, 4) is 5.69 Å². The molecule has 1 aromatic heterocycles. The van der Waals surface area contributed by atoms with E-state index in [2.05, 4.69) is 15.6 Å². The second kappa shape index (κ2) is 8.46. The number of carbonyl (C=O) groups is 1. The third-order valence-corrected chi connectivity index (χ3v) is 3.46. The molecule has 0 radical (unpaired) electrons. The Morgan fingerprint density at radius 1 is 1.42 bits per heavy atom. The minimum absolute atomic E-state index is 0. The molecule has 0 bridgehead atoms. The van der Waals surface area contributed by atoms with E-state index >= 15 is 0 Å². The van der Waals surface area contributed by atoms with E-state index in [9.17, 15) is 4.79 Å². The van der Waals surface area contributed by atoms with Gasteiger partial charge in [0.25, 0.3) is 5.91 Å². The highest BCUT2D eigenvalue weighted by atomic mass is 35.5. The van der Waals surface area contributed by atoms with Crippen LogP contribution in [0.5, 0.6) is 0 Å². The normalized spacial score (nSPS) is 11.0. The summed E-state index contributed by atoms with van der Waals surface area (Å²) >= 11 is 6.04. The van der Waals surface area contributed by atoms with Gasteiger partial charge in [0.1, 0.15) is 0 Å². The van der Waals surface area contributed by atoms with E-state index in [1.807, 2.05) is 32.9 Å². The zero-order chi connectivity index (χ0) is 17.0. The lowest BCUT2D eigenvalue weighted by Gasteiger charge is -2.18. The maximum atomic E-state index is 12.4. The number of amides is 1. The maximum absolute atomic E-state index is 12.4. The minimum Gasteiger partial charge on any atom is -0.349 e. The molecular formula is C16H23Cl2N5O. The summed E-state index contributed by atoms with van der Waals surface area (Å²) in [6.07, 6.45) is 1.56. The molecule has 24 heavy (non-hydrogen) atoms. The molecule has 0 saturated carbocycles. The van der Waals surface area contributed by atoms with Gasteiger partial charge in [-0.25, -0.2) is 4.68 Å². The van der Waals surface area contributed by atoms with Crippen molar-refractivity contribution in [1.29, 1.82) is 0 Å². The Kier molecular flexibility index (Phi) is 7.20. The third-order valence-electron chi connectivity index (χ3n) is 3.22. The summed E-state index contributed by atoms with van der Waals surface area (Å²) in [6, 6.07) is 7.30. The van der Waals surface area contributed by atoms with Crippen molar-refractivity contribution < 1.29 is 4.79 Å². The fourth-order valence-electron chi connectivity index (χ4n) is 2.15. The first-order chi connectivity index (χ1) is 10.8. The zero-order valence-corrected chi connectivity index (χ0v) is 15.6. The molecule has 0 aliphatic heterocycles. The second-order valence-corrected chi connectivity index (χ2v) is 6.63. The highest BCUT2D eigenvalue weighted by molar-refractivity contribution is 6.30. The number of aromatic nitrogens is 3. The molecule has 0 unspecified atom stereocenters. The number of nitrogens with zero attached hydrogens (tertiary/aromatic N) is 3. The number of carbonyl (C=O) groups excluding carboxylic acids is 1. The molecule has 2 rings (SSSR count). The van der Waals surface area contributed by atoms with Gasteiger partial charge in [-0.2, -0.15) is 0 Å². The summed E-state index contributed by atoms with van der Waals surface area (Å²) in [7, 11) is 0. The Labute approximate surface area is 153 Å². The highest BCUT2D eigenvalue weighted by Gasteiger charge is 2.21. The molecule has 0 aliphatic carbocycles. The maximum Gasteiger partial charge on any atom is 0.273 e. The van der Waals surface area contributed by atoms with E-state index in [4.69, 9.17) is 17.3 Å². The third kappa shape index (κ3) is 5.19. The Hall–Kier alpha value is -1.63. The van der Waals surface area contributed by atoms with Gasteiger partial charge in [-0.1, -0.05) is 36.2 Å². The molecule has 2 aromatic rings. The number of rotatable bonds is 6. The second-order valence-electron chi connectivity index (χ2n) is 6.20. The smallest absolute Gasteiger partial charge is 0.273 e. The summed E-state index contributed by atoms with van der Waals surface area (Å²) in [4.78, 5) is 12.4. The molecule has 0 aliphatic rings. The van der Waals surface area contributed by atoms with Crippen LogP contribution < -0.4 is 11.1 Å². The van der Waals surface area contributed by atoms with Crippen LogP contribution in [-0.2, 0) is 6.42 Å². The van der Waals surface area contributed by atoms with Crippen molar-refractivity contribution in [2.45, 2.75) is 39.2 Å². The molecule has 8 heteroatoms. The van der Waals surface area contributed by atoms with E-state index in [1.165, 1.54) is 0 Å². The van der Waals surface area contributed by atoms with Crippen molar-refractivity contribution in [3.63, 3.8) is 0 Å². The van der Waals surface area contributed by atoms with Crippen LogP contribution in [0.1, 0.15) is 43.4 Å². The van der Waals surface area contributed by atoms with Crippen LogP contribution in [0.2, 0.25) is 5.02 Å². The number of halogens is 2. The number of benzene rings is 1. The average molecular weight is 372 g/mol. The van der Waals surface area contributed by atoms with Gasteiger partial charge in [0, 0.05) is 17.1 Å². The quantitative estimate of drug-likeness (QED) is 0.817. The highest BCUT2D eigenvalue weighted by Crippen LogP contribution is 2.18. The molecule has 0 atom stereocenters. The number of nitrogens with one attached hydrogen (secondary N) is 1. The molecule has 6 nitrogen and oxygen atoms in total. The van der Waals surface area contributed by atoms with Gasteiger partial charge in [-0.05, 0) is 38.5 Å². The standard InChI is InChI=1S/C16H22ClN5O.ClH/c1-4-6-13-14(15(23)19-10-16(2,3)18)20-21-22(13)12-8-5-7-11(17)9-12;/h5,7-9H,4,6,10,18H2,1-3H3,(H,19,23);1H. The summed E-state index contributed by atoms with van der Waals surface area (Å²) in [5, 5.41) is 11.6. The molecule has 3 N–H and O–H groups in total. The lowest BCUT2D eigenvalue weighted by Crippen LogP contribution is -2.45. The predicted molar refractivity (Wildman–Crippen MR) is 98.2 cm³/mol. The Balaban J connectivity index is 0.00000288. The van der Waals surface area contributed by atoms with Gasteiger partial charge in [0.15, 0.2) is 5.69 Å². The van der Waals surface area contributed by atoms with Crippen molar-refractivity contribution in [1.82, 2.24) is 20.3 Å². The Bertz CT molecular complexity index is 694. The van der Waals surface area contributed by atoms with Gasteiger partial charge in [-0.3, -0.25) is 4.79 Å². The predicted octanol–water partition coefficient (Wildman–Crippen LogP) is 2.76. The number of nitrogens with two attached hydrogens (primary N) is 1. The molecule has 1 heterocycles. The molecule has 1 aromatic carbocycles. The van der Waals surface area contributed by atoms with E-state index in [0.717, 1.165) is 17.8 Å². The average Bonchev–Trinajstić information content (AvgIpc) is 2.88. The van der Waals surface area contributed by atoms with Crippen LogP contribution in [0.25, 0.3) is 5.69 Å². The zero-order valence-electron chi connectivity index (χ0n) is 14.0. The summed E-state index contributed by atoms with van der Waals surface area (Å²) < 4.78 is 1.66. The largest absolute Gasteiger partial charge is 0.349 e. The molecule has 0 fully saturated rings. The molecule has 132 valence electrons. The fourth-order valence-corrected chi connectivity index (χ4v) is 2.33. The van der Waals surface area contributed by atoms with E-state index in [0.29, 0.717) is 23.7 Å². The lowest BCUT2D eigenvalue weighted by atomic mass is 10.1. The van der Waals surface area contributed by atoms with Crippen LogP contribution in [0.15, 0.2) is 24.3 Å². The van der Waals surface area contributed by atoms with Crippen molar-refractivity contribution in [2.75, 3.05) is 6.54 Å². The van der Waals surface area contributed by atoms with Gasteiger partial charge in [0.05, 0.1) is 11.4 Å². The van der Waals surface area contributed by atoms with E-state index in [1.54, 1.807) is 16.8 Å². The first-order valence-electron chi connectivity index (χ1n) is 7.59. The number of hydrogen-bond acceptors (Lipinski definition) is 4. The summed E-state index contributed by atoms with van der Waals surface area (Å²) in [5.74, 6) is -0.264. The van der Waals surface area contributed by atoms with Crippen molar-refractivity contribution in [2.24, 2.45) is 5.73 Å². The van der Waals surface area contributed by atoms with Gasteiger partial charge < -0.3 is 11.1 Å². The molecule has 0 saturated heterocycles. The first-order valence-corrected chi connectivity index (χ1v) is 7.97. The van der Waals surface area contributed by atoms with Gasteiger partial charge >= 0.3 is 0 Å². The Morgan fingerprint density at radius 2 is 2.12 bits per heavy atom. The summed E-state index contributed by atoms with van der Waals surface area (Å²) in [6.45, 7) is 6.10. The van der Waals surface area contributed by atoms with E-state index in [-0.39, 0.29) is 18.3 Å². The van der Waals surface area contributed by atoms with E-state index < -0.39 is 5.54 Å². The van der Waals surface area contributed by atoms with Crippen LogP contribution >= 0.6 is 24.0 Å². The van der Waals surface area contributed by atoms with Gasteiger partial charge in [-0.15, -0.1) is 17.5 Å². The fraction of sp³-hybridized carbons (Fsp3) is 0.438.